The lowest BCUT2D eigenvalue weighted by Crippen LogP contribution is -2.21. The van der Waals surface area contributed by atoms with Gasteiger partial charge >= 0.3 is 0 Å². The molecular weight excluding hydrogens is 262 g/mol. The minimum atomic E-state index is -3.12. The fraction of sp³-hybridized carbons (Fsp3) is 0.571. The van der Waals surface area contributed by atoms with Crippen LogP contribution in [0.2, 0.25) is 0 Å². The maximum absolute atomic E-state index is 11.3. The van der Waals surface area contributed by atoms with Gasteiger partial charge in [-0.25, -0.2) is 8.42 Å². The van der Waals surface area contributed by atoms with Crippen LogP contribution in [0, 0.1) is 0 Å². The van der Waals surface area contributed by atoms with Crippen LogP contribution in [0.5, 0.6) is 5.75 Å². The van der Waals surface area contributed by atoms with Gasteiger partial charge in [0.15, 0.2) is 9.84 Å². The number of hydrogen-bond acceptors (Lipinski definition) is 4. The van der Waals surface area contributed by atoms with Gasteiger partial charge < -0.3 is 10.1 Å². The number of hydrogen-bond donors (Lipinski definition) is 1. The Kier molecular flexibility index (Phi) is 4.82. The summed E-state index contributed by atoms with van der Waals surface area (Å²) in [7, 11) is -3.12. The zero-order valence-electron chi connectivity index (χ0n) is 11.3. The predicted molar refractivity (Wildman–Crippen MR) is 75.3 cm³/mol. The van der Waals surface area contributed by atoms with Gasteiger partial charge in [0.25, 0.3) is 0 Å². The molecule has 1 heterocycles. The number of ether oxygens (including phenoxy) is 1. The minimum absolute atomic E-state index is 0.329. The summed E-state index contributed by atoms with van der Waals surface area (Å²) in [6.45, 7) is 1.81. The molecule has 1 atom stereocenters. The second kappa shape index (κ2) is 6.39. The van der Waals surface area contributed by atoms with Gasteiger partial charge in [0.05, 0.1) is 11.5 Å². The van der Waals surface area contributed by atoms with Crippen molar-refractivity contribution < 1.29 is 13.2 Å². The van der Waals surface area contributed by atoms with Crippen molar-refractivity contribution in [2.75, 3.05) is 19.4 Å². The van der Waals surface area contributed by atoms with E-state index in [0.29, 0.717) is 17.5 Å². The molecule has 0 spiro atoms. The summed E-state index contributed by atoms with van der Waals surface area (Å²) in [5.74, 6) is 0.729. The van der Waals surface area contributed by atoms with Crippen LogP contribution in [0.3, 0.4) is 0 Å². The summed E-state index contributed by atoms with van der Waals surface area (Å²) < 4.78 is 28.2. The Morgan fingerprint density at radius 3 is 2.63 bits per heavy atom. The molecule has 1 aliphatic rings. The van der Waals surface area contributed by atoms with Crippen molar-refractivity contribution in [2.45, 2.75) is 36.6 Å². The predicted octanol–water partition coefficient (Wildman–Crippen LogP) is 2.00. The van der Waals surface area contributed by atoms with E-state index >= 15 is 0 Å². The van der Waals surface area contributed by atoms with Gasteiger partial charge in [-0.1, -0.05) is 0 Å². The van der Waals surface area contributed by atoms with Crippen molar-refractivity contribution in [3.05, 3.63) is 24.3 Å². The van der Waals surface area contributed by atoms with Gasteiger partial charge in [-0.15, -0.1) is 0 Å². The highest BCUT2D eigenvalue weighted by molar-refractivity contribution is 7.90. The van der Waals surface area contributed by atoms with E-state index in [1.165, 1.54) is 19.1 Å². The van der Waals surface area contributed by atoms with Gasteiger partial charge in [0.2, 0.25) is 0 Å². The van der Waals surface area contributed by atoms with Gasteiger partial charge in [0.1, 0.15) is 5.75 Å². The first-order valence-corrected chi connectivity index (χ1v) is 8.61. The zero-order valence-corrected chi connectivity index (χ0v) is 12.1. The van der Waals surface area contributed by atoms with Crippen LogP contribution >= 0.6 is 0 Å². The van der Waals surface area contributed by atoms with Crippen molar-refractivity contribution in [1.29, 1.82) is 0 Å². The average molecular weight is 283 g/mol. The molecule has 0 saturated carbocycles. The Hall–Kier alpha value is -1.07. The molecule has 1 saturated heterocycles. The Bertz CT molecular complexity index is 490. The summed E-state index contributed by atoms with van der Waals surface area (Å²) >= 11 is 0. The molecule has 19 heavy (non-hydrogen) atoms. The van der Waals surface area contributed by atoms with Crippen molar-refractivity contribution >= 4 is 9.84 Å². The molecular formula is C14H21NO3S. The molecule has 0 amide bonds. The largest absolute Gasteiger partial charge is 0.494 e. The number of sulfone groups is 1. The monoisotopic (exact) mass is 283 g/mol. The number of rotatable bonds is 6. The molecule has 1 fully saturated rings. The lowest BCUT2D eigenvalue weighted by atomic mass is 10.1. The number of benzene rings is 1. The second-order valence-electron chi connectivity index (χ2n) is 5.03. The quantitative estimate of drug-likeness (QED) is 0.811. The topological polar surface area (TPSA) is 55.4 Å². The van der Waals surface area contributed by atoms with E-state index < -0.39 is 9.84 Å². The summed E-state index contributed by atoms with van der Waals surface area (Å²) in [5.41, 5.74) is 0. The van der Waals surface area contributed by atoms with Crippen LogP contribution < -0.4 is 10.1 Å². The molecule has 1 unspecified atom stereocenters. The fourth-order valence-corrected chi connectivity index (χ4v) is 2.94. The molecule has 4 nitrogen and oxygen atoms in total. The normalized spacial score (nSPS) is 19.5. The molecule has 2 rings (SSSR count). The van der Waals surface area contributed by atoms with E-state index in [0.717, 1.165) is 25.1 Å². The highest BCUT2D eigenvalue weighted by atomic mass is 32.2. The first-order valence-electron chi connectivity index (χ1n) is 6.72. The standard InChI is InChI=1S/C14H21NO3S/c1-19(16,17)14-8-6-13(7-9-14)18-11-3-5-12-4-2-10-15-12/h6-9,12,15H,2-5,10-11H2,1H3. The summed E-state index contributed by atoms with van der Waals surface area (Å²) in [5, 5.41) is 3.46. The van der Waals surface area contributed by atoms with Crippen molar-refractivity contribution in [2.24, 2.45) is 0 Å². The van der Waals surface area contributed by atoms with E-state index in [1.54, 1.807) is 24.3 Å². The van der Waals surface area contributed by atoms with Crippen molar-refractivity contribution in [3.8, 4) is 5.75 Å². The van der Waals surface area contributed by atoms with Crippen molar-refractivity contribution in [3.63, 3.8) is 0 Å². The van der Waals surface area contributed by atoms with Crippen LogP contribution in [-0.2, 0) is 9.84 Å². The van der Waals surface area contributed by atoms with Crippen LogP contribution in [0.1, 0.15) is 25.7 Å². The Labute approximate surface area is 115 Å². The molecule has 0 aliphatic carbocycles. The average Bonchev–Trinajstić information content (AvgIpc) is 2.87. The van der Waals surface area contributed by atoms with Crippen molar-refractivity contribution in [1.82, 2.24) is 5.32 Å². The third-order valence-corrected chi connectivity index (χ3v) is 4.51. The van der Waals surface area contributed by atoms with Gasteiger partial charge in [-0.05, 0) is 56.5 Å². The van der Waals surface area contributed by atoms with E-state index in [2.05, 4.69) is 5.32 Å². The highest BCUT2D eigenvalue weighted by Crippen LogP contribution is 2.17. The molecule has 0 aromatic heterocycles. The molecule has 0 bridgehead atoms. The van der Waals surface area contributed by atoms with Crippen LogP contribution in [0.4, 0.5) is 0 Å². The molecule has 1 aromatic carbocycles. The molecule has 0 radical (unpaired) electrons. The van der Waals surface area contributed by atoms with E-state index in [4.69, 9.17) is 4.74 Å². The SMILES string of the molecule is CS(=O)(=O)c1ccc(OCCCC2CCCN2)cc1. The maximum Gasteiger partial charge on any atom is 0.175 e. The minimum Gasteiger partial charge on any atom is -0.494 e. The van der Waals surface area contributed by atoms with E-state index in [-0.39, 0.29) is 0 Å². The third kappa shape index (κ3) is 4.51. The summed E-state index contributed by atoms with van der Waals surface area (Å²) in [4.78, 5) is 0.329. The number of nitrogens with one attached hydrogen (secondary N) is 1. The zero-order chi connectivity index (χ0) is 13.7. The lowest BCUT2D eigenvalue weighted by Gasteiger charge is -2.10. The third-order valence-electron chi connectivity index (χ3n) is 3.38. The van der Waals surface area contributed by atoms with Gasteiger partial charge in [0, 0.05) is 12.3 Å². The molecule has 5 heteroatoms. The lowest BCUT2D eigenvalue weighted by molar-refractivity contribution is 0.299. The first kappa shape index (κ1) is 14.3. The molecule has 1 aromatic rings. The smallest absolute Gasteiger partial charge is 0.175 e. The summed E-state index contributed by atoms with van der Waals surface area (Å²) in [6, 6.07) is 7.25. The Morgan fingerprint density at radius 2 is 2.05 bits per heavy atom. The van der Waals surface area contributed by atoms with Crippen LogP contribution in [0.25, 0.3) is 0 Å². The van der Waals surface area contributed by atoms with Gasteiger partial charge in [-0.2, -0.15) is 0 Å². The maximum atomic E-state index is 11.3. The molecule has 1 N–H and O–H groups in total. The highest BCUT2D eigenvalue weighted by Gasteiger charge is 2.13. The fourth-order valence-electron chi connectivity index (χ4n) is 2.31. The van der Waals surface area contributed by atoms with Crippen LogP contribution in [0.15, 0.2) is 29.2 Å². The first-order chi connectivity index (χ1) is 9.05. The van der Waals surface area contributed by atoms with E-state index in [9.17, 15) is 8.42 Å². The van der Waals surface area contributed by atoms with Gasteiger partial charge in [-0.3, -0.25) is 0 Å². The Morgan fingerprint density at radius 1 is 1.32 bits per heavy atom. The van der Waals surface area contributed by atoms with E-state index in [1.807, 2.05) is 0 Å². The Balaban J connectivity index is 1.74. The second-order valence-corrected chi connectivity index (χ2v) is 7.04. The molecule has 1 aliphatic heterocycles. The molecule has 106 valence electrons. The summed E-state index contributed by atoms with van der Waals surface area (Å²) in [6.07, 6.45) is 5.91. The van der Waals surface area contributed by atoms with Crippen LogP contribution in [-0.4, -0.2) is 33.9 Å².